The van der Waals surface area contributed by atoms with Crippen LogP contribution in [0.2, 0.25) is 0 Å². The first kappa shape index (κ1) is 7.66. The Morgan fingerprint density at radius 1 is 1.42 bits per heavy atom. The molecule has 0 saturated carbocycles. The molecule has 1 aliphatic carbocycles. The summed E-state index contributed by atoms with van der Waals surface area (Å²) in [4.78, 5) is 0. The molecule has 64 valence electrons. The third-order valence-electron chi connectivity index (χ3n) is 2.75. The van der Waals surface area contributed by atoms with Gasteiger partial charge in [-0.1, -0.05) is 19.1 Å². The second-order valence-electron chi connectivity index (χ2n) is 3.47. The largest absolute Gasteiger partial charge is 0.496 e. The van der Waals surface area contributed by atoms with Crippen molar-refractivity contribution in [3.05, 3.63) is 29.3 Å². The summed E-state index contributed by atoms with van der Waals surface area (Å²) in [5.41, 5.74) is 2.90. The zero-order valence-corrected chi connectivity index (χ0v) is 7.63. The van der Waals surface area contributed by atoms with E-state index in [0.717, 1.165) is 11.7 Å². The summed E-state index contributed by atoms with van der Waals surface area (Å²) in [5.74, 6) is 1.78. The predicted octanol–water partition coefficient (Wildman–Crippen LogP) is 2.74. The molecule has 0 amide bonds. The number of rotatable bonds is 1. The fourth-order valence-corrected chi connectivity index (χ4v) is 2.02. The van der Waals surface area contributed by atoms with Gasteiger partial charge < -0.3 is 4.74 Å². The molecule has 0 spiro atoms. The van der Waals surface area contributed by atoms with Crippen LogP contribution < -0.4 is 4.74 Å². The van der Waals surface area contributed by atoms with Crippen molar-refractivity contribution in [2.24, 2.45) is 0 Å². The first-order chi connectivity index (χ1) is 5.83. The van der Waals surface area contributed by atoms with Crippen LogP contribution in [-0.2, 0) is 6.42 Å². The Labute approximate surface area is 73.4 Å². The summed E-state index contributed by atoms with van der Waals surface area (Å²) in [6.45, 7) is 2.28. The zero-order chi connectivity index (χ0) is 8.55. The summed E-state index contributed by atoms with van der Waals surface area (Å²) in [6.07, 6.45) is 2.45. The molecule has 0 N–H and O–H groups in total. The Hall–Kier alpha value is -0.980. The van der Waals surface area contributed by atoms with E-state index in [2.05, 4.69) is 25.1 Å². The van der Waals surface area contributed by atoms with Crippen LogP contribution in [0.1, 0.15) is 30.4 Å². The molecule has 0 fully saturated rings. The van der Waals surface area contributed by atoms with E-state index in [-0.39, 0.29) is 0 Å². The Kier molecular flexibility index (Phi) is 1.80. The summed E-state index contributed by atoms with van der Waals surface area (Å²) in [6, 6.07) is 6.35. The molecule has 1 atom stereocenters. The van der Waals surface area contributed by atoms with E-state index in [1.54, 1.807) is 7.11 Å². The minimum Gasteiger partial charge on any atom is -0.496 e. The molecule has 1 nitrogen and oxygen atoms in total. The molecule has 1 aromatic rings. The lowest BCUT2D eigenvalue weighted by molar-refractivity contribution is 0.410. The van der Waals surface area contributed by atoms with Gasteiger partial charge >= 0.3 is 0 Å². The third-order valence-corrected chi connectivity index (χ3v) is 2.75. The maximum Gasteiger partial charge on any atom is 0.122 e. The van der Waals surface area contributed by atoms with Crippen LogP contribution in [-0.4, -0.2) is 7.11 Å². The maximum absolute atomic E-state index is 5.31. The van der Waals surface area contributed by atoms with Gasteiger partial charge in [-0.2, -0.15) is 0 Å². The van der Waals surface area contributed by atoms with Gasteiger partial charge in [0.1, 0.15) is 5.75 Å². The van der Waals surface area contributed by atoms with Crippen LogP contribution in [0.15, 0.2) is 18.2 Å². The van der Waals surface area contributed by atoms with Crippen molar-refractivity contribution < 1.29 is 4.74 Å². The van der Waals surface area contributed by atoms with Gasteiger partial charge in [0.25, 0.3) is 0 Å². The van der Waals surface area contributed by atoms with Crippen molar-refractivity contribution in [3.8, 4) is 5.75 Å². The molecule has 0 aliphatic heterocycles. The van der Waals surface area contributed by atoms with Crippen molar-refractivity contribution in [2.75, 3.05) is 7.11 Å². The van der Waals surface area contributed by atoms with E-state index in [1.165, 1.54) is 24.0 Å². The van der Waals surface area contributed by atoms with E-state index < -0.39 is 0 Å². The number of hydrogen-bond acceptors (Lipinski definition) is 1. The highest BCUT2D eigenvalue weighted by Crippen LogP contribution is 2.37. The van der Waals surface area contributed by atoms with Crippen molar-refractivity contribution in [3.63, 3.8) is 0 Å². The summed E-state index contributed by atoms with van der Waals surface area (Å²) < 4.78 is 5.31. The fraction of sp³-hybridized carbons (Fsp3) is 0.455. The Morgan fingerprint density at radius 2 is 2.25 bits per heavy atom. The molecule has 2 rings (SSSR count). The SMILES string of the molecule is COc1cccc2c1CCC2C. The molecule has 0 heterocycles. The highest BCUT2D eigenvalue weighted by atomic mass is 16.5. The average molecular weight is 162 g/mol. The minimum atomic E-state index is 0.718. The number of benzene rings is 1. The summed E-state index contributed by atoms with van der Waals surface area (Å²) in [5, 5.41) is 0. The maximum atomic E-state index is 5.31. The van der Waals surface area contributed by atoms with Crippen LogP contribution in [0.5, 0.6) is 5.75 Å². The average Bonchev–Trinajstić information content (AvgIpc) is 2.48. The second kappa shape index (κ2) is 2.81. The van der Waals surface area contributed by atoms with Gasteiger partial charge in [-0.05, 0) is 36.0 Å². The van der Waals surface area contributed by atoms with Crippen LogP contribution >= 0.6 is 0 Å². The molecule has 1 unspecified atom stereocenters. The van der Waals surface area contributed by atoms with Gasteiger partial charge in [-0.15, -0.1) is 0 Å². The highest BCUT2D eigenvalue weighted by molar-refractivity contribution is 5.44. The zero-order valence-electron chi connectivity index (χ0n) is 7.63. The van der Waals surface area contributed by atoms with Crippen LogP contribution in [0.25, 0.3) is 0 Å². The molecule has 0 bridgehead atoms. The van der Waals surface area contributed by atoms with Gasteiger partial charge in [0.15, 0.2) is 0 Å². The van der Waals surface area contributed by atoms with E-state index in [0.29, 0.717) is 0 Å². The predicted molar refractivity (Wildman–Crippen MR) is 49.7 cm³/mol. The quantitative estimate of drug-likeness (QED) is 0.617. The van der Waals surface area contributed by atoms with Crippen molar-refractivity contribution in [2.45, 2.75) is 25.7 Å². The fourth-order valence-electron chi connectivity index (χ4n) is 2.02. The smallest absolute Gasteiger partial charge is 0.122 e. The number of fused-ring (bicyclic) bond motifs is 1. The van der Waals surface area contributed by atoms with Gasteiger partial charge in [0, 0.05) is 0 Å². The molecule has 1 aromatic carbocycles. The lowest BCUT2D eigenvalue weighted by Gasteiger charge is -2.07. The normalized spacial score (nSPS) is 20.7. The number of hydrogen-bond donors (Lipinski definition) is 0. The molecule has 0 radical (unpaired) electrons. The van der Waals surface area contributed by atoms with E-state index in [1.807, 2.05) is 0 Å². The molecule has 1 heteroatoms. The lowest BCUT2D eigenvalue weighted by Crippen LogP contribution is -1.90. The molecule has 12 heavy (non-hydrogen) atoms. The van der Waals surface area contributed by atoms with Crippen LogP contribution in [0.4, 0.5) is 0 Å². The number of ether oxygens (including phenoxy) is 1. The van der Waals surface area contributed by atoms with Gasteiger partial charge in [-0.3, -0.25) is 0 Å². The van der Waals surface area contributed by atoms with Gasteiger partial charge in [-0.25, -0.2) is 0 Å². The number of methoxy groups -OCH3 is 1. The van der Waals surface area contributed by atoms with Gasteiger partial charge in [0.05, 0.1) is 7.11 Å². The molecule has 0 aromatic heterocycles. The summed E-state index contributed by atoms with van der Waals surface area (Å²) >= 11 is 0. The molecular formula is C11H14O. The standard InChI is InChI=1S/C11H14O/c1-8-6-7-10-9(8)4-3-5-11(10)12-2/h3-5,8H,6-7H2,1-2H3. The minimum absolute atomic E-state index is 0.718. The van der Waals surface area contributed by atoms with Crippen LogP contribution in [0.3, 0.4) is 0 Å². The Bertz CT molecular complexity index is 291. The van der Waals surface area contributed by atoms with Gasteiger partial charge in [0.2, 0.25) is 0 Å². The second-order valence-corrected chi connectivity index (χ2v) is 3.47. The van der Waals surface area contributed by atoms with E-state index >= 15 is 0 Å². The first-order valence-corrected chi connectivity index (χ1v) is 4.48. The van der Waals surface area contributed by atoms with Crippen molar-refractivity contribution in [1.82, 2.24) is 0 Å². The third kappa shape index (κ3) is 1.01. The summed E-state index contributed by atoms with van der Waals surface area (Å²) in [7, 11) is 1.75. The molecular weight excluding hydrogens is 148 g/mol. The van der Waals surface area contributed by atoms with Crippen LogP contribution in [0, 0.1) is 0 Å². The van der Waals surface area contributed by atoms with Crippen molar-refractivity contribution in [1.29, 1.82) is 0 Å². The lowest BCUT2D eigenvalue weighted by atomic mass is 10.0. The molecule has 1 aliphatic rings. The molecule has 0 saturated heterocycles. The van der Waals surface area contributed by atoms with E-state index in [4.69, 9.17) is 4.74 Å². The Morgan fingerprint density at radius 3 is 3.00 bits per heavy atom. The topological polar surface area (TPSA) is 9.23 Å². The Balaban J connectivity index is 2.50. The van der Waals surface area contributed by atoms with Crippen molar-refractivity contribution >= 4 is 0 Å². The monoisotopic (exact) mass is 162 g/mol. The highest BCUT2D eigenvalue weighted by Gasteiger charge is 2.20. The first-order valence-electron chi connectivity index (χ1n) is 4.48. The van der Waals surface area contributed by atoms with E-state index in [9.17, 15) is 0 Å².